The minimum absolute atomic E-state index is 0.283. The lowest BCUT2D eigenvalue weighted by atomic mass is 9.98. The average Bonchev–Trinajstić information content (AvgIpc) is 3.29. The maximum atomic E-state index is 12.0. The van der Waals surface area contributed by atoms with Crippen LogP contribution in [0.5, 0.6) is 5.75 Å². The van der Waals surface area contributed by atoms with Crippen molar-refractivity contribution in [3.8, 4) is 5.75 Å². The first-order valence-electron chi connectivity index (χ1n) is 6.33. The van der Waals surface area contributed by atoms with Crippen LogP contribution in [0.25, 0.3) is 0 Å². The summed E-state index contributed by atoms with van der Waals surface area (Å²) >= 11 is 0. The Labute approximate surface area is 116 Å². The van der Waals surface area contributed by atoms with Crippen molar-refractivity contribution in [3.63, 3.8) is 0 Å². The zero-order valence-corrected chi connectivity index (χ0v) is 11.1. The van der Waals surface area contributed by atoms with Gasteiger partial charge in [-0.3, -0.25) is 9.59 Å². The summed E-state index contributed by atoms with van der Waals surface area (Å²) < 4.78 is 10.1. The van der Waals surface area contributed by atoms with E-state index in [9.17, 15) is 14.5 Å². The van der Waals surface area contributed by atoms with Crippen LogP contribution in [0.4, 0.5) is 0 Å². The number of benzene rings is 1. The molecule has 0 aromatic heterocycles. The molecule has 20 heavy (non-hydrogen) atoms. The Balaban J connectivity index is 2.18. The molecule has 1 fully saturated rings. The molecule has 106 valence electrons. The first kappa shape index (κ1) is 14.2. The lowest BCUT2D eigenvalue weighted by Crippen LogP contribution is -2.23. The van der Waals surface area contributed by atoms with Crippen molar-refractivity contribution >= 4 is 11.9 Å². The molecular formula is C14H15NO5. The Morgan fingerprint density at radius 2 is 2.15 bits per heavy atom. The van der Waals surface area contributed by atoms with E-state index in [1.165, 1.54) is 13.2 Å². The zero-order chi connectivity index (χ0) is 14.5. The molecule has 1 aromatic rings. The predicted molar refractivity (Wildman–Crippen MR) is 70.2 cm³/mol. The molecule has 1 aliphatic rings. The van der Waals surface area contributed by atoms with Gasteiger partial charge in [0.25, 0.3) is 0 Å². The van der Waals surface area contributed by atoms with E-state index in [0.717, 1.165) is 12.8 Å². The van der Waals surface area contributed by atoms with E-state index in [2.05, 4.69) is 5.18 Å². The van der Waals surface area contributed by atoms with Gasteiger partial charge in [-0.15, -0.1) is 4.91 Å². The number of rotatable bonds is 6. The number of methoxy groups -OCH3 is 1. The smallest absolute Gasteiger partial charge is 0.323 e. The van der Waals surface area contributed by atoms with Crippen molar-refractivity contribution in [2.45, 2.75) is 18.8 Å². The van der Waals surface area contributed by atoms with Crippen molar-refractivity contribution < 1.29 is 19.1 Å². The van der Waals surface area contributed by atoms with E-state index in [1.807, 2.05) is 0 Å². The minimum Gasteiger partial charge on any atom is -0.497 e. The van der Waals surface area contributed by atoms with Gasteiger partial charge in [-0.2, -0.15) is 0 Å². The van der Waals surface area contributed by atoms with Crippen molar-refractivity contribution in [1.82, 2.24) is 0 Å². The normalized spacial score (nSPS) is 15.2. The summed E-state index contributed by atoms with van der Waals surface area (Å²) in [7, 11) is 1.47. The molecule has 0 heterocycles. The average molecular weight is 277 g/mol. The number of hydrogen-bond acceptors (Lipinski definition) is 5. The molecule has 1 aromatic carbocycles. The van der Waals surface area contributed by atoms with E-state index in [0.29, 0.717) is 17.2 Å². The largest absolute Gasteiger partial charge is 0.497 e. The van der Waals surface area contributed by atoms with Gasteiger partial charge in [0.2, 0.25) is 0 Å². The maximum absolute atomic E-state index is 12.0. The Morgan fingerprint density at radius 3 is 2.75 bits per heavy atom. The molecule has 1 atom stereocenters. The van der Waals surface area contributed by atoms with Crippen LogP contribution in [0.15, 0.2) is 29.4 Å². The number of ether oxygens (including phenoxy) is 2. The molecule has 6 nitrogen and oxygen atoms in total. The van der Waals surface area contributed by atoms with Gasteiger partial charge >= 0.3 is 11.9 Å². The van der Waals surface area contributed by atoms with Crippen LogP contribution in [0, 0.1) is 10.8 Å². The number of esters is 1. The minimum atomic E-state index is -1.32. The maximum Gasteiger partial charge on any atom is 0.323 e. The van der Waals surface area contributed by atoms with Gasteiger partial charge in [0.15, 0.2) is 5.92 Å². The van der Waals surface area contributed by atoms with Gasteiger partial charge in [0, 0.05) is 5.18 Å². The van der Waals surface area contributed by atoms with Crippen molar-refractivity contribution in [2.24, 2.45) is 11.1 Å². The lowest BCUT2D eigenvalue weighted by Gasteiger charge is -2.13. The second-order valence-electron chi connectivity index (χ2n) is 4.71. The summed E-state index contributed by atoms with van der Waals surface area (Å²) in [5.74, 6) is -2.25. The van der Waals surface area contributed by atoms with Gasteiger partial charge in [-0.1, -0.05) is 12.1 Å². The molecule has 2 rings (SSSR count). The third kappa shape index (κ3) is 3.40. The second-order valence-corrected chi connectivity index (χ2v) is 4.71. The van der Waals surface area contributed by atoms with Crippen molar-refractivity contribution in [3.05, 3.63) is 34.7 Å². The highest BCUT2D eigenvalue weighted by Gasteiger charge is 2.33. The molecular weight excluding hydrogens is 262 g/mol. The number of nitrogens with zero attached hydrogens (tertiary/aromatic N) is 1. The first-order valence-corrected chi connectivity index (χ1v) is 6.33. The molecule has 0 radical (unpaired) electrons. The standard InChI is InChI=1S/C14H15NO5/c1-19-11-4-2-3-10(7-11)12(13(16)15-18)14(17)20-8-9-5-6-9/h2-4,7,9,12H,5-6,8H2,1H3. The quantitative estimate of drug-likeness (QED) is 0.451. The molecule has 6 heteroatoms. The van der Waals surface area contributed by atoms with Crippen LogP contribution >= 0.6 is 0 Å². The Kier molecular flexibility index (Phi) is 4.45. The molecule has 0 spiro atoms. The third-order valence-corrected chi connectivity index (χ3v) is 3.16. The fourth-order valence-electron chi connectivity index (χ4n) is 1.82. The monoisotopic (exact) mass is 277 g/mol. The highest BCUT2D eigenvalue weighted by Crippen LogP contribution is 2.30. The first-order chi connectivity index (χ1) is 9.65. The molecule has 1 saturated carbocycles. The van der Waals surface area contributed by atoms with E-state index < -0.39 is 17.8 Å². The summed E-state index contributed by atoms with van der Waals surface area (Å²) in [5.41, 5.74) is 0.342. The molecule has 1 aliphatic carbocycles. The van der Waals surface area contributed by atoms with Gasteiger partial charge in [0.1, 0.15) is 5.75 Å². The molecule has 0 saturated heterocycles. The summed E-state index contributed by atoms with van der Waals surface area (Å²) in [5, 5.41) is 2.35. The number of nitroso groups, excluding NO2 is 1. The molecule has 0 aliphatic heterocycles. The summed E-state index contributed by atoms with van der Waals surface area (Å²) in [4.78, 5) is 34.1. The van der Waals surface area contributed by atoms with Crippen molar-refractivity contribution in [2.75, 3.05) is 13.7 Å². The van der Waals surface area contributed by atoms with Crippen LogP contribution in [0.1, 0.15) is 24.3 Å². The highest BCUT2D eigenvalue weighted by atomic mass is 16.5. The van der Waals surface area contributed by atoms with E-state index in [1.54, 1.807) is 18.2 Å². The van der Waals surface area contributed by atoms with E-state index >= 15 is 0 Å². The summed E-state index contributed by atoms with van der Waals surface area (Å²) in [6.45, 7) is 0.283. The summed E-state index contributed by atoms with van der Waals surface area (Å²) in [6.07, 6.45) is 2.05. The summed E-state index contributed by atoms with van der Waals surface area (Å²) in [6, 6.07) is 6.39. The van der Waals surface area contributed by atoms with Crippen molar-refractivity contribution in [1.29, 1.82) is 0 Å². The molecule has 0 bridgehead atoms. The van der Waals surface area contributed by atoms with Crippen LogP contribution in [0.2, 0.25) is 0 Å². The van der Waals surface area contributed by atoms with E-state index in [-0.39, 0.29) is 6.61 Å². The molecule has 0 N–H and O–H groups in total. The van der Waals surface area contributed by atoms with E-state index in [4.69, 9.17) is 9.47 Å². The molecule has 1 unspecified atom stereocenters. The number of carbonyl (C=O) groups excluding carboxylic acids is 2. The van der Waals surface area contributed by atoms with Gasteiger partial charge in [-0.25, -0.2) is 0 Å². The number of amides is 1. The second kappa shape index (κ2) is 6.27. The van der Waals surface area contributed by atoms with Crippen LogP contribution in [0.3, 0.4) is 0 Å². The van der Waals surface area contributed by atoms with Gasteiger partial charge < -0.3 is 9.47 Å². The Hall–Kier alpha value is -2.24. The SMILES string of the molecule is COc1cccc(C(C(=O)N=O)C(=O)OCC2CC2)c1. The fraction of sp³-hybridized carbons (Fsp3) is 0.429. The van der Waals surface area contributed by atoms with Crippen LogP contribution in [-0.4, -0.2) is 25.6 Å². The fourth-order valence-corrected chi connectivity index (χ4v) is 1.82. The van der Waals surface area contributed by atoms with Crippen LogP contribution in [-0.2, 0) is 14.3 Å². The zero-order valence-electron chi connectivity index (χ0n) is 11.1. The van der Waals surface area contributed by atoms with Gasteiger partial charge in [0.05, 0.1) is 13.7 Å². The number of hydrogen-bond donors (Lipinski definition) is 0. The topological polar surface area (TPSA) is 82.0 Å². The number of carbonyl (C=O) groups is 2. The Bertz CT molecular complexity index is 524. The Morgan fingerprint density at radius 1 is 1.40 bits per heavy atom. The van der Waals surface area contributed by atoms with Gasteiger partial charge in [-0.05, 0) is 36.5 Å². The molecule has 1 amide bonds. The lowest BCUT2D eigenvalue weighted by molar-refractivity contribution is -0.148. The van der Waals surface area contributed by atoms with Crippen LogP contribution < -0.4 is 4.74 Å². The third-order valence-electron chi connectivity index (χ3n) is 3.16. The highest BCUT2D eigenvalue weighted by molar-refractivity contribution is 6.03. The predicted octanol–water partition coefficient (Wildman–Crippen LogP) is 2.02.